The normalized spacial score (nSPS) is 10.5. The Balaban J connectivity index is 3.06. The van der Waals surface area contributed by atoms with Crippen LogP contribution in [0.25, 0.3) is 10.9 Å². The van der Waals surface area contributed by atoms with Crippen molar-refractivity contribution in [2.45, 2.75) is 0 Å². The van der Waals surface area contributed by atoms with E-state index < -0.39 is 0 Å². The highest BCUT2D eigenvalue weighted by Gasteiger charge is 2.02. The van der Waals surface area contributed by atoms with Crippen LogP contribution < -0.4 is 5.43 Å². The lowest BCUT2D eigenvalue weighted by Gasteiger charge is -2.06. The fourth-order valence-electron chi connectivity index (χ4n) is 1.39. The Kier molecular flexibility index (Phi) is 1.59. The van der Waals surface area contributed by atoms with Crippen molar-refractivity contribution in [1.29, 1.82) is 0 Å². The van der Waals surface area contributed by atoms with E-state index in [-0.39, 0.29) is 11.3 Å². The van der Waals surface area contributed by atoms with E-state index >= 15 is 0 Å². The molecule has 3 nitrogen and oxygen atoms in total. The van der Waals surface area contributed by atoms with Crippen LogP contribution in [0.2, 0.25) is 0 Å². The molecule has 2 rings (SSSR count). The number of para-hydroxylation sites is 1. The Hall–Kier alpha value is -1.77. The standard InChI is InChI=1S/C10H9NO2/c1-11-8-5-3-2-4-7(8)9(12)6-10(11)13/h2-6,13H,1H3. The van der Waals surface area contributed by atoms with Gasteiger partial charge in [0.2, 0.25) is 0 Å². The molecule has 1 aromatic carbocycles. The van der Waals surface area contributed by atoms with Gasteiger partial charge in [0.1, 0.15) is 0 Å². The van der Waals surface area contributed by atoms with Gasteiger partial charge in [-0.15, -0.1) is 0 Å². The summed E-state index contributed by atoms with van der Waals surface area (Å²) in [5.74, 6) is -0.0105. The topological polar surface area (TPSA) is 42.2 Å². The van der Waals surface area contributed by atoms with E-state index in [9.17, 15) is 9.90 Å². The lowest BCUT2D eigenvalue weighted by atomic mass is 10.2. The SMILES string of the molecule is Cn1c(O)cc(=O)c2ccccc21. The first-order valence-corrected chi connectivity index (χ1v) is 3.98. The number of aromatic nitrogens is 1. The highest BCUT2D eigenvalue weighted by Crippen LogP contribution is 2.14. The van der Waals surface area contributed by atoms with Crippen molar-refractivity contribution < 1.29 is 5.11 Å². The molecule has 2 aromatic rings. The molecule has 0 aliphatic rings. The van der Waals surface area contributed by atoms with Gasteiger partial charge in [-0.2, -0.15) is 0 Å². The van der Waals surface area contributed by atoms with Crippen molar-refractivity contribution in [2.75, 3.05) is 0 Å². The molecule has 1 aromatic heterocycles. The zero-order chi connectivity index (χ0) is 9.42. The summed E-state index contributed by atoms with van der Waals surface area (Å²) < 4.78 is 1.58. The third-order valence-electron chi connectivity index (χ3n) is 2.13. The van der Waals surface area contributed by atoms with Gasteiger partial charge in [-0.1, -0.05) is 12.1 Å². The summed E-state index contributed by atoms with van der Waals surface area (Å²) in [5, 5.41) is 9.99. The average Bonchev–Trinajstić information content (AvgIpc) is 2.15. The van der Waals surface area contributed by atoms with Crippen molar-refractivity contribution >= 4 is 10.9 Å². The summed E-state index contributed by atoms with van der Waals surface area (Å²) >= 11 is 0. The lowest BCUT2D eigenvalue weighted by molar-refractivity contribution is 0.431. The number of nitrogens with zero attached hydrogens (tertiary/aromatic N) is 1. The molecule has 13 heavy (non-hydrogen) atoms. The van der Waals surface area contributed by atoms with Crippen LogP contribution in [0.4, 0.5) is 0 Å². The van der Waals surface area contributed by atoms with Crippen LogP contribution >= 0.6 is 0 Å². The van der Waals surface area contributed by atoms with E-state index in [4.69, 9.17) is 0 Å². The Bertz CT molecular complexity index is 514. The molecule has 0 unspecified atom stereocenters. The summed E-state index contributed by atoms with van der Waals surface area (Å²) in [6.45, 7) is 0. The average molecular weight is 175 g/mol. The van der Waals surface area contributed by atoms with E-state index in [1.54, 1.807) is 29.8 Å². The Labute approximate surface area is 74.9 Å². The molecule has 0 aliphatic carbocycles. The van der Waals surface area contributed by atoms with Crippen LogP contribution in [-0.2, 0) is 7.05 Å². The van der Waals surface area contributed by atoms with Crippen molar-refractivity contribution in [3.63, 3.8) is 0 Å². The second-order valence-corrected chi connectivity index (χ2v) is 2.94. The Morgan fingerprint density at radius 1 is 1.31 bits per heavy atom. The minimum absolute atomic E-state index is 0.0105. The van der Waals surface area contributed by atoms with Gasteiger partial charge in [0.25, 0.3) is 0 Å². The predicted molar refractivity (Wildman–Crippen MR) is 50.9 cm³/mol. The molecule has 1 heterocycles. The van der Waals surface area contributed by atoms with Crippen LogP contribution in [0.3, 0.4) is 0 Å². The van der Waals surface area contributed by atoms with Crippen molar-refractivity contribution in [3.8, 4) is 5.88 Å². The van der Waals surface area contributed by atoms with E-state index in [2.05, 4.69) is 0 Å². The molecule has 0 amide bonds. The minimum atomic E-state index is -0.147. The van der Waals surface area contributed by atoms with Crippen LogP contribution in [0.15, 0.2) is 35.1 Å². The second-order valence-electron chi connectivity index (χ2n) is 2.94. The van der Waals surface area contributed by atoms with Gasteiger partial charge in [-0.25, -0.2) is 0 Å². The van der Waals surface area contributed by atoms with Crippen molar-refractivity contribution in [1.82, 2.24) is 4.57 Å². The molecule has 0 aliphatic heterocycles. The highest BCUT2D eigenvalue weighted by atomic mass is 16.3. The number of pyridine rings is 1. The summed E-state index contributed by atoms with van der Waals surface area (Å²) in [5.41, 5.74) is 0.596. The zero-order valence-corrected chi connectivity index (χ0v) is 7.19. The summed E-state index contributed by atoms with van der Waals surface area (Å²) in [6.07, 6.45) is 0. The molecule has 0 bridgehead atoms. The van der Waals surface area contributed by atoms with Gasteiger partial charge in [-0.3, -0.25) is 4.79 Å². The molecule has 0 spiro atoms. The molecular formula is C10H9NO2. The van der Waals surface area contributed by atoms with Crippen molar-refractivity contribution in [2.24, 2.45) is 7.05 Å². The Morgan fingerprint density at radius 3 is 2.77 bits per heavy atom. The molecule has 66 valence electrons. The monoisotopic (exact) mass is 175 g/mol. The Morgan fingerprint density at radius 2 is 2.00 bits per heavy atom. The lowest BCUT2D eigenvalue weighted by Crippen LogP contribution is -2.05. The van der Waals surface area contributed by atoms with Crippen LogP contribution in [0.5, 0.6) is 5.88 Å². The maximum Gasteiger partial charge on any atom is 0.195 e. The molecule has 1 N–H and O–H groups in total. The first-order valence-electron chi connectivity index (χ1n) is 3.98. The number of rotatable bonds is 0. The van der Waals surface area contributed by atoms with Gasteiger partial charge in [0.05, 0.1) is 5.52 Å². The van der Waals surface area contributed by atoms with E-state index in [1.807, 2.05) is 6.07 Å². The van der Waals surface area contributed by atoms with E-state index in [0.29, 0.717) is 5.39 Å². The molecule has 0 fully saturated rings. The second kappa shape index (κ2) is 2.62. The smallest absolute Gasteiger partial charge is 0.195 e. The quantitative estimate of drug-likeness (QED) is 0.654. The number of benzene rings is 1. The maximum atomic E-state index is 11.4. The predicted octanol–water partition coefficient (Wildman–Crippen LogP) is 1.24. The van der Waals surface area contributed by atoms with Gasteiger partial charge < -0.3 is 9.67 Å². The summed E-state index contributed by atoms with van der Waals surface area (Å²) in [4.78, 5) is 11.4. The first kappa shape index (κ1) is 7.86. The number of aryl methyl sites for hydroxylation is 1. The number of aromatic hydroxyl groups is 1. The number of hydrogen-bond acceptors (Lipinski definition) is 2. The third kappa shape index (κ3) is 1.09. The fraction of sp³-hybridized carbons (Fsp3) is 0.100. The van der Waals surface area contributed by atoms with E-state index in [1.165, 1.54) is 6.07 Å². The van der Waals surface area contributed by atoms with Gasteiger partial charge in [0.15, 0.2) is 11.3 Å². The molecule has 0 radical (unpaired) electrons. The number of fused-ring (bicyclic) bond motifs is 1. The van der Waals surface area contributed by atoms with Gasteiger partial charge >= 0.3 is 0 Å². The van der Waals surface area contributed by atoms with Crippen molar-refractivity contribution in [3.05, 3.63) is 40.6 Å². The van der Waals surface area contributed by atoms with E-state index in [0.717, 1.165) is 5.52 Å². The largest absolute Gasteiger partial charge is 0.494 e. The highest BCUT2D eigenvalue weighted by molar-refractivity contribution is 5.79. The summed E-state index contributed by atoms with van der Waals surface area (Å²) in [7, 11) is 1.72. The maximum absolute atomic E-state index is 11.4. The van der Waals surface area contributed by atoms with Crippen LogP contribution in [0, 0.1) is 0 Å². The summed E-state index contributed by atoms with van der Waals surface area (Å²) in [6, 6.07) is 8.41. The molecule has 3 heteroatoms. The van der Waals surface area contributed by atoms with Crippen LogP contribution in [0.1, 0.15) is 0 Å². The zero-order valence-electron chi connectivity index (χ0n) is 7.19. The third-order valence-corrected chi connectivity index (χ3v) is 2.13. The molecule has 0 saturated carbocycles. The molecule has 0 atom stereocenters. The first-order chi connectivity index (χ1) is 6.20. The molecule has 0 saturated heterocycles. The van der Waals surface area contributed by atoms with Gasteiger partial charge in [0, 0.05) is 18.5 Å². The van der Waals surface area contributed by atoms with Gasteiger partial charge in [-0.05, 0) is 12.1 Å². The van der Waals surface area contributed by atoms with Crippen LogP contribution in [-0.4, -0.2) is 9.67 Å². The fourth-order valence-corrected chi connectivity index (χ4v) is 1.39. The number of hydrogen-bond donors (Lipinski definition) is 1. The minimum Gasteiger partial charge on any atom is -0.494 e. The molecular weight excluding hydrogens is 166 g/mol.